The molecule has 1 aromatic heterocycles. The van der Waals surface area contributed by atoms with Crippen LogP contribution in [0.15, 0.2) is 41.6 Å². The summed E-state index contributed by atoms with van der Waals surface area (Å²) in [6, 6.07) is 9.15. The fourth-order valence-corrected chi connectivity index (χ4v) is 2.35. The van der Waals surface area contributed by atoms with Crippen molar-refractivity contribution in [3.63, 3.8) is 0 Å². The first-order valence-corrected chi connectivity index (χ1v) is 8.03. The minimum atomic E-state index is -0.528. The molecule has 0 aliphatic rings. The van der Waals surface area contributed by atoms with Crippen LogP contribution in [0.3, 0.4) is 0 Å². The highest BCUT2D eigenvalue weighted by Crippen LogP contribution is 2.13. The van der Waals surface area contributed by atoms with E-state index in [2.05, 4.69) is 15.5 Å². The lowest BCUT2D eigenvalue weighted by Gasteiger charge is -2.08. The molecule has 0 aliphatic carbocycles. The molecular formula is C15H20Cl2N4OS. The van der Waals surface area contributed by atoms with E-state index in [4.69, 9.17) is 5.73 Å². The van der Waals surface area contributed by atoms with Gasteiger partial charge in [0.15, 0.2) is 0 Å². The third-order valence-electron chi connectivity index (χ3n) is 3.01. The number of benzene rings is 1. The molecule has 1 heterocycles. The topological polar surface area (TPSA) is 80.4 Å². The van der Waals surface area contributed by atoms with E-state index in [0.717, 1.165) is 22.2 Å². The normalized spacial score (nSPS) is 11.6. The fraction of sp³-hybridized carbons (Fsp3) is 0.267. The van der Waals surface area contributed by atoms with Gasteiger partial charge in [0.25, 0.3) is 5.91 Å². The number of nitrogens with one attached hydrogen (secondary N) is 1. The molecule has 0 radical (unpaired) electrons. The number of amides is 1. The van der Waals surface area contributed by atoms with Gasteiger partial charge in [0, 0.05) is 17.1 Å². The number of hydrogen-bond acceptors (Lipinski definition) is 5. The van der Waals surface area contributed by atoms with Gasteiger partial charge in [0.05, 0.1) is 17.8 Å². The second-order valence-corrected chi connectivity index (χ2v) is 5.53. The zero-order valence-electron chi connectivity index (χ0n) is 12.6. The lowest BCUT2D eigenvalue weighted by atomic mass is 10.1. The number of aromatic nitrogens is 1. The highest BCUT2D eigenvalue weighted by Gasteiger charge is 2.11. The van der Waals surface area contributed by atoms with Crippen molar-refractivity contribution in [2.24, 2.45) is 10.8 Å². The van der Waals surface area contributed by atoms with Gasteiger partial charge in [-0.2, -0.15) is 16.9 Å². The number of pyridine rings is 1. The first-order chi connectivity index (χ1) is 10.2. The van der Waals surface area contributed by atoms with Crippen LogP contribution in [0, 0.1) is 0 Å². The summed E-state index contributed by atoms with van der Waals surface area (Å²) in [7, 11) is 0. The van der Waals surface area contributed by atoms with Gasteiger partial charge in [-0.15, -0.1) is 24.8 Å². The van der Waals surface area contributed by atoms with Crippen LogP contribution in [0.25, 0.3) is 10.9 Å². The number of nitrogens with two attached hydrogens (primary N) is 1. The average Bonchev–Trinajstić information content (AvgIpc) is 2.52. The van der Waals surface area contributed by atoms with Crippen LogP contribution in [0.1, 0.15) is 12.0 Å². The van der Waals surface area contributed by atoms with Crippen LogP contribution in [-0.2, 0) is 4.79 Å². The minimum Gasteiger partial charge on any atom is -0.320 e. The van der Waals surface area contributed by atoms with Crippen molar-refractivity contribution >= 4 is 59.6 Å². The third-order valence-corrected chi connectivity index (χ3v) is 3.66. The summed E-state index contributed by atoms with van der Waals surface area (Å²) in [5.41, 5.74) is 9.94. The third kappa shape index (κ3) is 6.35. The number of fused-ring (bicyclic) bond motifs is 1. The molecular weight excluding hydrogens is 355 g/mol. The van der Waals surface area contributed by atoms with E-state index in [1.54, 1.807) is 24.2 Å². The molecule has 0 saturated heterocycles. The summed E-state index contributed by atoms with van der Waals surface area (Å²) in [6.07, 6.45) is 5.94. The molecule has 2 rings (SSSR count). The predicted octanol–water partition coefficient (Wildman–Crippen LogP) is 2.61. The molecule has 1 atom stereocenters. The van der Waals surface area contributed by atoms with Crippen LogP contribution in [0.4, 0.5) is 0 Å². The summed E-state index contributed by atoms with van der Waals surface area (Å²) in [4.78, 5) is 16.1. The molecule has 1 aromatic carbocycles. The number of nitrogens with zero attached hydrogens (tertiary/aromatic N) is 2. The number of thioether (sulfide) groups is 1. The summed E-state index contributed by atoms with van der Waals surface area (Å²) >= 11 is 1.66. The van der Waals surface area contributed by atoms with E-state index in [0.29, 0.717) is 6.42 Å². The quantitative estimate of drug-likeness (QED) is 0.601. The minimum absolute atomic E-state index is 0. The Morgan fingerprint density at radius 3 is 2.87 bits per heavy atom. The largest absolute Gasteiger partial charge is 0.320 e. The second-order valence-electron chi connectivity index (χ2n) is 4.54. The number of carbonyl (C=O) groups excluding carboxylic acids is 1. The Labute approximate surface area is 152 Å². The number of hydrogen-bond donors (Lipinski definition) is 2. The number of halogens is 2. The van der Waals surface area contributed by atoms with Crippen LogP contribution >= 0.6 is 36.6 Å². The Bertz CT molecular complexity index is 649. The highest BCUT2D eigenvalue weighted by atomic mass is 35.5. The van der Waals surface area contributed by atoms with Crippen molar-refractivity contribution in [2.45, 2.75) is 12.5 Å². The molecule has 8 heteroatoms. The van der Waals surface area contributed by atoms with E-state index >= 15 is 0 Å². The van der Waals surface area contributed by atoms with Gasteiger partial charge in [0.2, 0.25) is 0 Å². The monoisotopic (exact) mass is 374 g/mol. The molecule has 23 heavy (non-hydrogen) atoms. The number of rotatable bonds is 6. The van der Waals surface area contributed by atoms with Crippen LogP contribution < -0.4 is 11.2 Å². The van der Waals surface area contributed by atoms with Crippen molar-refractivity contribution < 1.29 is 4.79 Å². The van der Waals surface area contributed by atoms with E-state index < -0.39 is 6.04 Å². The van der Waals surface area contributed by atoms with E-state index in [-0.39, 0.29) is 30.7 Å². The zero-order valence-corrected chi connectivity index (χ0v) is 15.1. The maximum atomic E-state index is 11.7. The molecule has 0 bridgehead atoms. The van der Waals surface area contributed by atoms with Crippen LogP contribution in [0.2, 0.25) is 0 Å². The average molecular weight is 375 g/mol. The van der Waals surface area contributed by atoms with Crippen molar-refractivity contribution in [3.05, 3.63) is 42.1 Å². The Balaban J connectivity index is 0.00000242. The molecule has 5 nitrogen and oxygen atoms in total. The molecule has 0 aliphatic heterocycles. The van der Waals surface area contributed by atoms with E-state index in [1.165, 1.54) is 0 Å². The predicted molar refractivity (Wildman–Crippen MR) is 103 cm³/mol. The van der Waals surface area contributed by atoms with Gasteiger partial charge in [-0.25, -0.2) is 5.43 Å². The van der Waals surface area contributed by atoms with E-state index in [1.807, 2.05) is 36.6 Å². The van der Waals surface area contributed by atoms with Gasteiger partial charge in [-0.3, -0.25) is 9.78 Å². The van der Waals surface area contributed by atoms with Gasteiger partial charge in [-0.1, -0.05) is 24.3 Å². The maximum absolute atomic E-state index is 11.7. The maximum Gasteiger partial charge on any atom is 0.256 e. The molecule has 2 aromatic rings. The molecule has 0 spiro atoms. The first-order valence-electron chi connectivity index (χ1n) is 6.63. The SMILES string of the molecule is CSCCC(N)C(=O)NN=Cc1cccc2cccnc12.Cl.Cl. The Morgan fingerprint density at radius 1 is 1.39 bits per heavy atom. The lowest BCUT2D eigenvalue weighted by molar-refractivity contribution is -0.122. The Morgan fingerprint density at radius 2 is 2.13 bits per heavy atom. The molecule has 126 valence electrons. The summed E-state index contributed by atoms with van der Waals surface area (Å²) in [5, 5.41) is 5.00. The number of para-hydroxylation sites is 1. The van der Waals surface area contributed by atoms with Gasteiger partial charge in [-0.05, 0) is 24.5 Å². The van der Waals surface area contributed by atoms with Gasteiger partial charge in [0.1, 0.15) is 0 Å². The van der Waals surface area contributed by atoms with Crippen molar-refractivity contribution in [2.75, 3.05) is 12.0 Å². The van der Waals surface area contributed by atoms with Crippen LogP contribution in [0.5, 0.6) is 0 Å². The van der Waals surface area contributed by atoms with Crippen molar-refractivity contribution in [1.82, 2.24) is 10.4 Å². The molecule has 0 fully saturated rings. The van der Waals surface area contributed by atoms with E-state index in [9.17, 15) is 4.79 Å². The van der Waals surface area contributed by atoms with Gasteiger partial charge >= 0.3 is 0 Å². The molecule has 1 amide bonds. The number of hydrazone groups is 1. The van der Waals surface area contributed by atoms with Gasteiger partial charge < -0.3 is 5.73 Å². The summed E-state index contributed by atoms with van der Waals surface area (Å²) < 4.78 is 0. The molecule has 3 N–H and O–H groups in total. The fourth-order valence-electron chi connectivity index (χ4n) is 1.86. The van der Waals surface area contributed by atoms with Crippen molar-refractivity contribution in [3.8, 4) is 0 Å². The Kier molecular flexibility index (Phi) is 10.6. The zero-order chi connectivity index (χ0) is 15.1. The van der Waals surface area contributed by atoms with Crippen LogP contribution in [-0.4, -0.2) is 35.2 Å². The highest BCUT2D eigenvalue weighted by molar-refractivity contribution is 7.98. The summed E-state index contributed by atoms with van der Waals surface area (Å²) in [6.45, 7) is 0. The molecule has 0 saturated carbocycles. The standard InChI is InChI=1S/C15H18N4OS.2ClH/c1-21-9-7-13(16)15(20)19-18-10-12-5-2-4-11-6-3-8-17-14(11)12;;/h2-6,8,10,13H,7,9,16H2,1H3,(H,19,20);2*1H. The first kappa shape index (κ1) is 21.7. The lowest BCUT2D eigenvalue weighted by Crippen LogP contribution is -2.38. The number of carbonyl (C=O) groups is 1. The smallest absolute Gasteiger partial charge is 0.256 e. The Hall–Kier alpha value is -1.34. The second kappa shape index (κ2) is 11.2. The summed E-state index contributed by atoms with van der Waals surface area (Å²) in [5.74, 6) is 0.583. The molecule has 1 unspecified atom stereocenters. The van der Waals surface area contributed by atoms with Crippen molar-refractivity contribution in [1.29, 1.82) is 0 Å².